The van der Waals surface area contributed by atoms with Gasteiger partial charge in [-0.15, -0.1) is 0 Å². The maximum atomic E-state index is 11.4. The summed E-state index contributed by atoms with van der Waals surface area (Å²) in [6.45, 7) is 2.21. The number of hydrogen-bond donors (Lipinski definition) is 2. The standard InChI is InChI=1S/C7H16N2O3S2/c1-3-6(4-12-2)9-14(10,11)5-7(8)13/h6,9H,3-5H2,1-2H3,(H2,8,13). The van der Waals surface area contributed by atoms with Crippen LogP contribution in [-0.2, 0) is 14.8 Å². The van der Waals surface area contributed by atoms with Gasteiger partial charge in [0.05, 0.1) is 11.6 Å². The van der Waals surface area contributed by atoms with Crippen LogP contribution in [0.1, 0.15) is 13.3 Å². The van der Waals surface area contributed by atoms with Crippen LogP contribution in [0.4, 0.5) is 0 Å². The van der Waals surface area contributed by atoms with Gasteiger partial charge in [-0.2, -0.15) is 0 Å². The molecule has 0 aliphatic rings. The zero-order valence-corrected chi connectivity index (χ0v) is 9.95. The van der Waals surface area contributed by atoms with Crippen LogP contribution < -0.4 is 10.5 Å². The number of hydrogen-bond acceptors (Lipinski definition) is 4. The van der Waals surface area contributed by atoms with Crippen molar-refractivity contribution >= 4 is 27.2 Å². The quantitative estimate of drug-likeness (QED) is 0.593. The van der Waals surface area contributed by atoms with Gasteiger partial charge in [0.15, 0.2) is 0 Å². The highest BCUT2D eigenvalue weighted by molar-refractivity contribution is 7.92. The van der Waals surface area contributed by atoms with Crippen LogP contribution in [0.5, 0.6) is 0 Å². The minimum absolute atomic E-state index is 0.0373. The highest BCUT2D eigenvalue weighted by Gasteiger charge is 2.17. The van der Waals surface area contributed by atoms with Crippen LogP contribution in [0.15, 0.2) is 0 Å². The molecule has 0 spiro atoms. The summed E-state index contributed by atoms with van der Waals surface area (Å²) in [5, 5.41) is 0. The molecule has 84 valence electrons. The van der Waals surface area contributed by atoms with Gasteiger partial charge in [0.1, 0.15) is 5.75 Å². The van der Waals surface area contributed by atoms with Crippen molar-refractivity contribution in [1.29, 1.82) is 0 Å². The van der Waals surface area contributed by atoms with Crippen molar-refractivity contribution in [3.05, 3.63) is 0 Å². The first-order chi connectivity index (χ1) is 6.41. The van der Waals surface area contributed by atoms with Crippen LogP contribution in [0.25, 0.3) is 0 Å². The first kappa shape index (κ1) is 13.8. The molecule has 1 atom stereocenters. The molecule has 1 unspecified atom stereocenters. The van der Waals surface area contributed by atoms with E-state index in [1.807, 2.05) is 6.92 Å². The Hall–Kier alpha value is -0.240. The van der Waals surface area contributed by atoms with Crippen molar-refractivity contribution in [2.45, 2.75) is 19.4 Å². The van der Waals surface area contributed by atoms with Gasteiger partial charge in [0.2, 0.25) is 10.0 Å². The zero-order valence-electron chi connectivity index (χ0n) is 8.32. The molecule has 0 bridgehead atoms. The summed E-state index contributed by atoms with van der Waals surface area (Å²) >= 11 is 4.52. The Morgan fingerprint density at radius 1 is 1.64 bits per heavy atom. The Kier molecular flexibility index (Phi) is 6.17. The molecule has 0 saturated heterocycles. The Balaban J connectivity index is 4.25. The Morgan fingerprint density at radius 2 is 2.21 bits per heavy atom. The SMILES string of the molecule is CCC(COC)NS(=O)(=O)CC(N)=S. The predicted octanol–water partition coefficient (Wildman–Crippen LogP) is -0.383. The molecule has 0 fully saturated rings. The van der Waals surface area contributed by atoms with Gasteiger partial charge in [-0.05, 0) is 6.42 Å². The topological polar surface area (TPSA) is 81.4 Å². The van der Waals surface area contributed by atoms with Gasteiger partial charge in [-0.25, -0.2) is 13.1 Å². The Bertz CT molecular complexity index is 277. The maximum Gasteiger partial charge on any atom is 0.218 e. The van der Waals surface area contributed by atoms with Crippen LogP contribution in [0.2, 0.25) is 0 Å². The molecule has 0 heterocycles. The van der Waals surface area contributed by atoms with Crippen LogP contribution in [-0.4, -0.2) is 38.9 Å². The molecule has 0 amide bonds. The Labute approximate surface area is 90.1 Å². The third kappa shape index (κ3) is 6.25. The first-order valence-electron chi connectivity index (χ1n) is 4.18. The lowest BCUT2D eigenvalue weighted by Gasteiger charge is -2.15. The van der Waals surface area contributed by atoms with Gasteiger partial charge in [-0.3, -0.25) is 0 Å². The van der Waals surface area contributed by atoms with E-state index in [1.165, 1.54) is 7.11 Å². The average molecular weight is 240 g/mol. The molecule has 0 rings (SSSR count). The highest BCUT2D eigenvalue weighted by Crippen LogP contribution is 1.95. The summed E-state index contributed by atoms with van der Waals surface area (Å²) in [5.41, 5.74) is 5.15. The predicted molar refractivity (Wildman–Crippen MR) is 59.7 cm³/mol. The molecule has 3 N–H and O–H groups in total. The summed E-state index contributed by atoms with van der Waals surface area (Å²) in [6.07, 6.45) is 0.657. The Morgan fingerprint density at radius 3 is 2.57 bits per heavy atom. The number of ether oxygens (including phenoxy) is 1. The summed E-state index contributed by atoms with van der Waals surface area (Å²) in [6, 6.07) is -0.223. The van der Waals surface area contributed by atoms with E-state index >= 15 is 0 Å². The van der Waals surface area contributed by atoms with E-state index in [1.54, 1.807) is 0 Å². The molecule has 5 nitrogen and oxygen atoms in total. The van der Waals surface area contributed by atoms with Gasteiger partial charge in [0, 0.05) is 13.2 Å². The fourth-order valence-corrected chi connectivity index (χ4v) is 2.59. The number of sulfonamides is 1. The van der Waals surface area contributed by atoms with E-state index in [0.29, 0.717) is 13.0 Å². The molecule has 0 aromatic heterocycles. The van der Waals surface area contributed by atoms with Crippen molar-refractivity contribution in [3.63, 3.8) is 0 Å². The van der Waals surface area contributed by atoms with Crippen LogP contribution in [0.3, 0.4) is 0 Å². The second-order valence-corrected chi connectivity index (χ2v) is 5.18. The molecule has 0 aliphatic heterocycles. The molecular weight excluding hydrogens is 224 g/mol. The fourth-order valence-electron chi connectivity index (χ4n) is 0.919. The third-order valence-corrected chi connectivity index (χ3v) is 3.25. The summed E-state index contributed by atoms with van der Waals surface area (Å²) in [7, 11) is -1.89. The molecule has 7 heteroatoms. The number of nitrogens with one attached hydrogen (secondary N) is 1. The largest absolute Gasteiger partial charge is 0.392 e. The lowest BCUT2D eigenvalue weighted by Crippen LogP contribution is -2.41. The van der Waals surface area contributed by atoms with Gasteiger partial charge in [0.25, 0.3) is 0 Å². The molecule has 0 radical (unpaired) electrons. The van der Waals surface area contributed by atoms with Crippen molar-refractivity contribution in [3.8, 4) is 0 Å². The van der Waals surface area contributed by atoms with Crippen LogP contribution in [0, 0.1) is 0 Å². The minimum Gasteiger partial charge on any atom is -0.392 e. The first-order valence-corrected chi connectivity index (χ1v) is 6.24. The molecule has 0 aromatic carbocycles. The smallest absolute Gasteiger partial charge is 0.218 e. The lowest BCUT2D eigenvalue weighted by atomic mass is 10.3. The zero-order chi connectivity index (χ0) is 11.2. The van der Waals surface area contributed by atoms with Crippen molar-refractivity contribution in [1.82, 2.24) is 4.72 Å². The fraction of sp³-hybridized carbons (Fsp3) is 0.857. The van der Waals surface area contributed by atoms with Gasteiger partial charge in [-0.1, -0.05) is 19.1 Å². The molecule has 0 aliphatic carbocycles. The van der Waals surface area contributed by atoms with Gasteiger partial charge < -0.3 is 10.5 Å². The van der Waals surface area contributed by atoms with E-state index in [4.69, 9.17) is 10.5 Å². The minimum atomic E-state index is -3.41. The van der Waals surface area contributed by atoms with Crippen molar-refractivity contribution in [2.75, 3.05) is 19.5 Å². The van der Waals surface area contributed by atoms with E-state index in [-0.39, 0.29) is 16.8 Å². The number of thiocarbonyl (C=S) groups is 1. The summed E-state index contributed by atoms with van der Waals surface area (Å²) in [5.74, 6) is -0.317. The van der Waals surface area contributed by atoms with Crippen molar-refractivity contribution < 1.29 is 13.2 Å². The maximum absolute atomic E-state index is 11.4. The number of methoxy groups -OCH3 is 1. The van der Waals surface area contributed by atoms with E-state index in [2.05, 4.69) is 16.9 Å². The number of nitrogens with two attached hydrogens (primary N) is 1. The summed E-state index contributed by atoms with van der Waals surface area (Å²) < 4.78 is 30.0. The van der Waals surface area contributed by atoms with Crippen LogP contribution >= 0.6 is 12.2 Å². The molecule has 0 aromatic rings. The average Bonchev–Trinajstić information content (AvgIpc) is 2.00. The van der Waals surface area contributed by atoms with E-state index in [0.717, 1.165) is 0 Å². The van der Waals surface area contributed by atoms with Crippen molar-refractivity contribution in [2.24, 2.45) is 5.73 Å². The highest BCUT2D eigenvalue weighted by atomic mass is 32.2. The monoisotopic (exact) mass is 240 g/mol. The molecular formula is C7H16N2O3S2. The van der Waals surface area contributed by atoms with E-state index in [9.17, 15) is 8.42 Å². The molecule has 0 saturated carbocycles. The molecule has 14 heavy (non-hydrogen) atoms. The summed E-state index contributed by atoms with van der Waals surface area (Å²) in [4.78, 5) is -0.0373. The van der Waals surface area contributed by atoms with E-state index < -0.39 is 10.0 Å². The second-order valence-electron chi connectivity index (χ2n) is 2.90. The van der Waals surface area contributed by atoms with Gasteiger partial charge >= 0.3 is 0 Å². The third-order valence-electron chi connectivity index (χ3n) is 1.54. The lowest BCUT2D eigenvalue weighted by molar-refractivity contribution is 0.173. The normalized spacial score (nSPS) is 13.9. The second kappa shape index (κ2) is 6.28. The number of rotatable bonds is 7.